The zero-order valence-corrected chi connectivity index (χ0v) is 9.05. The van der Waals surface area contributed by atoms with E-state index in [1.807, 2.05) is 6.07 Å². The second-order valence-corrected chi connectivity index (χ2v) is 3.98. The maximum atomic E-state index is 5.11. The minimum absolute atomic E-state index is 0.729. The van der Waals surface area contributed by atoms with E-state index in [0.29, 0.717) is 0 Å². The molecule has 0 aliphatic carbocycles. The quantitative estimate of drug-likeness (QED) is 0.653. The summed E-state index contributed by atoms with van der Waals surface area (Å²) in [5.41, 5.74) is 2.51. The molecule has 0 N–H and O–H groups in total. The molecule has 0 saturated carbocycles. The highest BCUT2D eigenvalue weighted by molar-refractivity contribution is 5.80. The summed E-state index contributed by atoms with van der Waals surface area (Å²) in [7, 11) is 0. The summed E-state index contributed by atoms with van der Waals surface area (Å²) in [6.45, 7) is 2.83. The number of aromatic nitrogens is 2. The maximum absolute atomic E-state index is 5.11. The molecule has 0 bridgehead atoms. The normalized spacial score (nSPS) is 11.1. The first kappa shape index (κ1) is 9.21. The summed E-state index contributed by atoms with van der Waals surface area (Å²) >= 11 is 0. The van der Waals surface area contributed by atoms with Gasteiger partial charge in [-0.05, 0) is 30.5 Å². The van der Waals surface area contributed by atoms with Gasteiger partial charge in [0, 0.05) is 17.8 Å². The topological polar surface area (TPSA) is 31.0 Å². The van der Waals surface area contributed by atoms with Crippen molar-refractivity contribution in [1.29, 1.82) is 0 Å². The fourth-order valence-corrected chi connectivity index (χ4v) is 1.95. The molecule has 3 aromatic rings. The van der Waals surface area contributed by atoms with Gasteiger partial charge >= 0.3 is 0 Å². The average Bonchev–Trinajstić information content (AvgIpc) is 2.89. The van der Waals surface area contributed by atoms with Crippen LogP contribution in [0.5, 0.6) is 0 Å². The largest absolute Gasteiger partial charge is 0.359 e. The lowest BCUT2D eigenvalue weighted by Crippen LogP contribution is -1.96. The molecule has 0 radical (unpaired) electrons. The first-order valence-electron chi connectivity index (χ1n) is 5.28. The smallest absolute Gasteiger partial charge is 0.156 e. The summed E-state index contributed by atoms with van der Waals surface area (Å²) in [6.07, 6.45) is 3.75. The van der Waals surface area contributed by atoms with Gasteiger partial charge in [-0.1, -0.05) is 16.8 Å². The van der Waals surface area contributed by atoms with Crippen LogP contribution in [-0.2, 0) is 6.54 Å². The first-order valence-corrected chi connectivity index (χ1v) is 5.28. The van der Waals surface area contributed by atoms with Crippen molar-refractivity contribution >= 4 is 10.9 Å². The number of hydrogen-bond donors (Lipinski definition) is 0. The molecule has 0 fully saturated rings. The number of benzene rings is 1. The molecule has 0 unspecified atom stereocenters. The third-order valence-electron chi connectivity index (χ3n) is 2.74. The van der Waals surface area contributed by atoms with Gasteiger partial charge in [0.1, 0.15) is 0 Å². The number of hydrogen-bond acceptors (Lipinski definition) is 2. The van der Waals surface area contributed by atoms with Gasteiger partial charge in [-0.25, -0.2) is 0 Å². The number of rotatable bonds is 2. The predicted molar refractivity (Wildman–Crippen MR) is 62.3 cm³/mol. The minimum atomic E-state index is 0.729. The van der Waals surface area contributed by atoms with Gasteiger partial charge in [0.2, 0.25) is 0 Å². The van der Waals surface area contributed by atoms with Crippen LogP contribution >= 0.6 is 0 Å². The molecule has 0 spiro atoms. The van der Waals surface area contributed by atoms with Crippen LogP contribution in [0.2, 0.25) is 0 Å². The SMILES string of the molecule is Cc1ccc2c(ccn2Cc2ccno2)c1. The lowest BCUT2D eigenvalue weighted by Gasteiger charge is -2.02. The van der Waals surface area contributed by atoms with Gasteiger partial charge in [-0.15, -0.1) is 0 Å². The Bertz CT molecular complexity index is 608. The number of aryl methyl sites for hydroxylation is 1. The van der Waals surface area contributed by atoms with Gasteiger partial charge < -0.3 is 9.09 Å². The maximum Gasteiger partial charge on any atom is 0.156 e. The standard InChI is InChI=1S/C13H12N2O/c1-10-2-3-13-11(8-10)5-7-15(13)9-12-4-6-14-16-12/h2-8H,9H2,1H3. The Hall–Kier alpha value is -2.03. The van der Waals surface area contributed by atoms with E-state index >= 15 is 0 Å². The van der Waals surface area contributed by atoms with E-state index in [1.54, 1.807) is 6.20 Å². The van der Waals surface area contributed by atoms with Crippen LogP contribution in [0.25, 0.3) is 10.9 Å². The van der Waals surface area contributed by atoms with Crippen LogP contribution in [-0.4, -0.2) is 9.72 Å². The fraction of sp³-hybridized carbons (Fsp3) is 0.154. The Balaban J connectivity index is 2.04. The second-order valence-electron chi connectivity index (χ2n) is 3.98. The summed E-state index contributed by atoms with van der Waals surface area (Å²) < 4.78 is 7.27. The third kappa shape index (κ3) is 1.50. The zero-order chi connectivity index (χ0) is 11.0. The highest BCUT2D eigenvalue weighted by atomic mass is 16.5. The van der Waals surface area contributed by atoms with Gasteiger partial charge in [0.05, 0.1) is 12.7 Å². The minimum Gasteiger partial charge on any atom is -0.359 e. The predicted octanol–water partition coefficient (Wildman–Crippen LogP) is 2.99. The van der Waals surface area contributed by atoms with E-state index in [0.717, 1.165) is 12.3 Å². The van der Waals surface area contributed by atoms with E-state index < -0.39 is 0 Å². The molecule has 2 aromatic heterocycles. The van der Waals surface area contributed by atoms with Crippen LogP contribution < -0.4 is 0 Å². The molecule has 3 nitrogen and oxygen atoms in total. The number of fused-ring (bicyclic) bond motifs is 1. The highest BCUT2D eigenvalue weighted by Crippen LogP contribution is 2.18. The van der Waals surface area contributed by atoms with Crippen LogP contribution in [0.15, 0.2) is 47.2 Å². The molecular weight excluding hydrogens is 200 g/mol. The Kier molecular flexibility index (Phi) is 2.03. The van der Waals surface area contributed by atoms with Gasteiger partial charge in [0.15, 0.2) is 5.76 Å². The van der Waals surface area contributed by atoms with Crippen molar-refractivity contribution in [2.75, 3.05) is 0 Å². The van der Waals surface area contributed by atoms with Crippen molar-refractivity contribution in [3.05, 3.63) is 54.0 Å². The number of nitrogens with zero attached hydrogens (tertiary/aromatic N) is 2. The lowest BCUT2D eigenvalue weighted by atomic mass is 10.2. The molecule has 3 heteroatoms. The summed E-state index contributed by atoms with van der Waals surface area (Å²) in [4.78, 5) is 0. The molecule has 0 amide bonds. The van der Waals surface area contributed by atoms with Crippen molar-refractivity contribution in [3.63, 3.8) is 0 Å². The lowest BCUT2D eigenvalue weighted by molar-refractivity contribution is 0.378. The molecule has 0 aliphatic heterocycles. The molecule has 3 rings (SSSR count). The molecule has 0 aliphatic rings. The van der Waals surface area contributed by atoms with Gasteiger partial charge in [-0.3, -0.25) is 0 Å². The fourth-order valence-electron chi connectivity index (χ4n) is 1.95. The highest BCUT2D eigenvalue weighted by Gasteiger charge is 2.03. The van der Waals surface area contributed by atoms with Crippen molar-refractivity contribution in [2.24, 2.45) is 0 Å². The van der Waals surface area contributed by atoms with E-state index in [9.17, 15) is 0 Å². The molecule has 2 heterocycles. The molecular formula is C13H12N2O. The van der Waals surface area contributed by atoms with Gasteiger partial charge in [-0.2, -0.15) is 0 Å². The third-order valence-corrected chi connectivity index (χ3v) is 2.74. The first-order chi connectivity index (χ1) is 7.83. The molecule has 0 atom stereocenters. The Morgan fingerprint density at radius 2 is 2.19 bits per heavy atom. The Labute approximate surface area is 93.3 Å². The second kappa shape index (κ2) is 3.52. The van der Waals surface area contributed by atoms with Crippen molar-refractivity contribution in [1.82, 2.24) is 9.72 Å². The van der Waals surface area contributed by atoms with Gasteiger partial charge in [0.25, 0.3) is 0 Å². The summed E-state index contributed by atoms with van der Waals surface area (Å²) in [5, 5.41) is 4.97. The monoisotopic (exact) mass is 212 g/mol. The van der Waals surface area contributed by atoms with Crippen LogP contribution in [0.4, 0.5) is 0 Å². The van der Waals surface area contributed by atoms with E-state index in [2.05, 4.69) is 47.1 Å². The van der Waals surface area contributed by atoms with Crippen molar-refractivity contribution in [2.45, 2.75) is 13.5 Å². The molecule has 16 heavy (non-hydrogen) atoms. The Morgan fingerprint density at radius 1 is 1.25 bits per heavy atom. The summed E-state index contributed by atoms with van der Waals surface area (Å²) in [5.74, 6) is 0.873. The van der Waals surface area contributed by atoms with E-state index in [-0.39, 0.29) is 0 Å². The van der Waals surface area contributed by atoms with Crippen molar-refractivity contribution in [3.8, 4) is 0 Å². The van der Waals surface area contributed by atoms with E-state index in [4.69, 9.17) is 4.52 Å². The molecule has 80 valence electrons. The average molecular weight is 212 g/mol. The molecule has 0 saturated heterocycles. The Morgan fingerprint density at radius 3 is 3.00 bits per heavy atom. The van der Waals surface area contributed by atoms with Crippen LogP contribution in [0.1, 0.15) is 11.3 Å². The molecule has 1 aromatic carbocycles. The van der Waals surface area contributed by atoms with Crippen molar-refractivity contribution < 1.29 is 4.52 Å². The van der Waals surface area contributed by atoms with Crippen LogP contribution in [0.3, 0.4) is 0 Å². The van der Waals surface area contributed by atoms with Crippen LogP contribution in [0, 0.1) is 6.92 Å². The van der Waals surface area contributed by atoms with E-state index in [1.165, 1.54) is 16.5 Å². The summed E-state index contributed by atoms with van der Waals surface area (Å²) in [6, 6.07) is 10.5. The zero-order valence-electron chi connectivity index (χ0n) is 9.05.